The molecular formula is C20H24BN3O4. The van der Waals surface area contributed by atoms with Crippen LogP contribution in [0.1, 0.15) is 48.5 Å². The number of pyridine rings is 1. The van der Waals surface area contributed by atoms with Crippen molar-refractivity contribution in [3.05, 3.63) is 53.9 Å². The molecule has 2 heterocycles. The van der Waals surface area contributed by atoms with Crippen molar-refractivity contribution < 1.29 is 18.9 Å². The summed E-state index contributed by atoms with van der Waals surface area (Å²) in [6.45, 7) is 7.94. The van der Waals surface area contributed by atoms with Gasteiger partial charge in [-0.25, -0.2) is 4.98 Å². The maximum atomic E-state index is 12.6. The summed E-state index contributed by atoms with van der Waals surface area (Å²) in [4.78, 5) is 28.2. The van der Waals surface area contributed by atoms with E-state index in [0.29, 0.717) is 11.3 Å². The molecule has 2 aromatic rings. The lowest BCUT2D eigenvalue weighted by Crippen LogP contribution is -2.41. The molecule has 2 amide bonds. The second kappa shape index (κ2) is 7.37. The molecule has 3 rings (SSSR count). The van der Waals surface area contributed by atoms with Gasteiger partial charge >= 0.3 is 7.12 Å². The second-order valence-corrected chi connectivity index (χ2v) is 7.68. The summed E-state index contributed by atoms with van der Waals surface area (Å²) in [5.41, 5.74) is 1.13. The smallest absolute Gasteiger partial charge is 0.399 e. The monoisotopic (exact) mass is 381 g/mol. The Hall–Kier alpha value is -2.71. The third-order valence-corrected chi connectivity index (χ3v) is 5.16. The number of carbonyl (C=O) groups is 2. The first-order valence-electron chi connectivity index (χ1n) is 9.08. The number of carbonyl (C=O) groups excluding carboxylic acids is 2. The van der Waals surface area contributed by atoms with Gasteiger partial charge in [0.25, 0.3) is 11.8 Å². The van der Waals surface area contributed by atoms with Gasteiger partial charge in [-0.3, -0.25) is 9.59 Å². The van der Waals surface area contributed by atoms with Gasteiger partial charge in [0.05, 0.1) is 23.1 Å². The molecular weight excluding hydrogens is 357 g/mol. The van der Waals surface area contributed by atoms with Crippen molar-refractivity contribution in [3.8, 4) is 0 Å². The van der Waals surface area contributed by atoms with Crippen LogP contribution in [0.4, 0.5) is 5.69 Å². The lowest BCUT2D eigenvalue weighted by atomic mass is 9.78. The number of nitrogens with zero attached hydrogens (tertiary/aromatic N) is 1. The first-order valence-corrected chi connectivity index (χ1v) is 9.08. The Bertz CT molecular complexity index is 881. The third-order valence-electron chi connectivity index (χ3n) is 5.16. The molecule has 0 aliphatic carbocycles. The molecule has 0 atom stereocenters. The Morgan fingerprint density at radius 1 is 1.00 bits per heavy atom. The van der Waals surface area contributed by atoms with E-state index >= 15 is 0 Å². The Kier molecular flexibility index (Phi) is 5.27. The number of rotatable bonds is 4. The molecule has 146 valence electrons. The second-order valence-electron chi connectivity index (χ2n) is 7.68. The van der Waals surface area contributed by atoms with Crippen LogP contribution in [-0.2, 0) is 9.31 Å². The molecule has 0 radical (unpaired) electrons. The largest absolute Gasteiger partial charge is 0.494 e. The highest BCUT2D eigenvalue weighted by Crippen LogP contribution is 2.36. The number of aromatic nitrogens is 1. The SMILES string of the molecule is CNC(=O)c1ccc(NC(=O)c2cccc(B3OC(C)(C)C(C)(C)O3)c2)cn1. The Morgan fingerprint density at radius 3 is 2.25 bits per heavy atom. The van der Waals surface area contributed by atoms with E-state index < -0.39 is 18.3 Å². The third kappa shape index (κ3) is 3.93. The minimum atomic E-state index is -0.536. The summed E-state index contributed by atoms with van der Waals surface area (Å²) in [5.74, 6) is -0.569. The van der Waals surface area contributed by atoms with Crippen molar-refractivity contribution in [1.82, 2.24) is 10.3 Å². The Labute approximate surface area is 165 Å². The predicted octanol–water partition coefficient (Wildman–Crippen LogP) is 1.99. The molecule has 1 aromatic heterocycles. The van der Waals surface area contributed by atoms with E-state index in [1.807, 2.05) is 33.8 Å². The number of benzene rings is 1. The summed E-state index contributed by atoms with van der Waals surface area (Å²) in [7, 11) is 0.999. The molecule has 1 aliphatic heterocycles. The van der Waals surface area contributed by atoms with Gasteiger partial charge in [-0.15, -0.1) is 0 Å². The molecule has 1 saturated heterocycles. The van der Waals surface area contributed by atoms with Crippen LogP contribution in [0, 0.1) is 0 Å². The lowest BCUT2D eigenvalue weighted by molar-refractivity contribution is 0.00578. The minimum absolute atomic E-state index is 0.281. The van der Waals surface area contributed by atoms with Crippen LogP contribution in [0.2, 0.25) is 0 Å². The van der Waals surface area contributed by atoms with E-state index in [2.05, 4.69) is 15.6 Å². The first kappa shape index (κ1) is 20.0. The maximum Gasteiger partial charge on any atom is 0.494 e. The zero-order valence-electron chi connectivity index (χ0n) is 16.7. The zero-order valence-corrected chi connectivity index (χ0v) is 16.7. The first-order chi connectivity index (χ1) is 13.1. The average molecular weight is 381 g/mol. The molecule has 1 aliphatic rings. The number of nitrogens with one attached hydrogen (secondary N) is 2. The Morgan fingerprint density at radius 2 is 1.68 bits per heavy atom. The van der Waals surface area contributed by atoms with E-state index in [1.54, 1.807) is 30.3 Å². The summed E-state index contributed by atoms with van der Waals surface area (Å²) in [5, 5.41) is 5.28. The van der Waals surface area contributed by atoms with Crippen molar-refractivity contribution in [2.75, 3.05) is 12.4 Å². The van der Waals surface area contributed by atoms with Crippen LogP contribution in [0.25, 0.3) is 0 Å². The van der Waals surface area contributed by atoms with Gasteiger partial charge < -0.3 is 19.9 Å². The number of hydrogen-bond donors (Lipinski definition) is 2. The lowest BCUT2D eigenvalue weighted by Gasteiger charge is -2.32. The normalized spacial score (nSPS) is 17.2. The van der Waals surface area contributed by atoms with Crippen LogP contribution >= 0.6 is 0 Å². The maximum absolute atomic E-state index is 12.6. The molecule has 2 N–H and O–H groups in total. The van der Waals surface area contributed by atoms with E-state index in [0.717, 1.165) is 5.46 Å². The van der Waals surface area contributed by atoms with Gasteiger partial charge in [0, 0.05) is 12.6 Å². The molecule has 0 saturated carbocycles. The molecule has 0 bridgehead atoms. The predicted molar refractivity (Wildman–Crippen MR) is 108 cm³/mol. The van der Waals surface area contributed by atoms with Crippen LogP contribution < -0.4 is 16.1 Å². The number of anilines is 1. The quantitative estimate of drug-likeness (QED) is 0.791. The standard InChI is InChI=1S/C20H24BN3O4/c1-19(2)20(3,4)28-21(27-19)14-8-6-7-13(11-14)17(25)24-15-9-10-16(23-12-15)18(26)22-5/h6-12H,1-5H3,(H,22,26)(H,24,25). The van der Waals surface area contributed by atoms with Gasteiger partial charge in [0.15, 0.2) is 0 Å². The molecule has 0 spiro atoms. The highest BCUT2D eigenvalue weighted by molar-refractivity contribution is 6.62. The van der Waals surface area contributed by atoms with Crippen LogP contribution in [-0.4, -0.2) is 42.2 Å². The van der Waals surface area contributed by atoms with Crippen LogP contribution in [0.5, 0.6) is 0 Å². The van der Waals surface area contributed by atoms with Crippen LogP contribution in [0.3, 0.4) is 0 Å². The van der Waals surface area contributed by atoms with Crippen molar-refractivity contribution >= 4 is 30.1 Å². The summed E-state index contributed by atoms with van der Waals surface area (Å²) < 4.78 is 12.1. The molecule has 8 heteroatoms. The molecule has 0 unspecified atom stereocenters. The summed E-state index contributed by atoms with van der Waals surface area (Å²) >= 11 is 0. The van der Waals surface area contributed by atoms with Gasteiger partial charge in [-0.05, 0) is 57.4 Å². The van der Waals surface area contributed by atoms with E-state index in [-0.39, 0.29) is 17.5 Å². The van der Waals surface area contributed by atoms with Gasteiger partial charge in [0.1, 0.15) is 5.69 Å². The highest BCUT2D eigenvalue weighted by atomic mass is 16.7. The highest BCUT2D eigenvalue weighted by Gasteiger charge is 2.51. The fraction of sp³-hybridized carbons (Fsp3) is 0.350. The molecule has 1 fully saturated rings. The van der Waals surface area contributed by atoms with Gasteiger partial charge in [-0.2, -0.15) is 0 Å². The average Bonchev–Trinajstić information content (AvgIpc) is 2.89. The zero-order chi connectivity index (χ0) is 20.5. The van der Waals surface area contributed by atoms with Crippen molar-refractivity contribution in [2.45, 2.75) is 38.9 Å². The van der Waals surface area contributed by atoms with Crippen molar-refractivity contribution in [3.63, 3.8) is 0 Å². The topological polar surface area (TPSA) is 89.6 Å². The van der Waals surface area contributed by atoms with E-state index in [1.165, 1.54) is 13.2 Å². The van der Waals surface area contributed by atoms with Gasteiger partial charge in [0.2, 0.25) is 0 Å². The number of amides is 2. The van der Waals surface area contributed by atoms with Crippen molar-refractivity contribution in [1.29, 1.82) is 0 Å². The molecule has 1 aromatic carbocycles. The Balaban J connectivity index is 1.73. The minimum Gasteiger partial charge on any atom is -0.399 e. The van der Waals surface area contributed by atoms with Crippen LogP contribution in [0.15, 0.2) is 42.6 Å². The molecule has 28 heavy (non-hydrogen) atoms. The summed E-state index contributed by atoms with van der Waals surface area (Å²) in [6, 6.07) is 10.3. The molecule has 7 nitrogen and oxygen atoms in total. The van der Waals surface area contributed by atoms with E-state index in [9.17, 15) is 9.59 Å². The fourth-order valence-corrected chi connectivity index (χ4v) is 2.74. The van der Waals surface area contributed by atoms with Gasteiger partial charge in [-0.1, -0.05) is 12.1 Å². The fourth-order valence-electron chi connectivity index (χ4n) is 2.74. The summed E-state index contributed by atoms with van der Waals surface area (Å²) in [6.07, 6.45) is 1.44. The van der Waals surface area contributed by atoms with Crippen molar-refractivity contribution in [2.24, 2.45) is 0 Å². The van der Waals surface area contributed by atoms with E-state index in [4.69, 9.17) is 9.31 Å². The number of hydrogen-bond acceptors (Lipinski definition) is 5.